The normalized spacial score (nSPS) is 10.1. The number of carbonyl (C=O) groups is 1. The van der Waals surface area contributed by atoms with E-state index in [0.29, 0.717) is 5.56 Å². The lowest BCUT2D eigenvalue weighted by Gasteiger charge is -1.96. The van der Waals surface area contributed by atoms with Gasteiger partial charge in [0.2, 0.25) is 0 Å². The van der Waals surface area contributed by atoms with Crippen molar-refractivity contribution in [1.29, 1.82) is 0 Å². The van der Waals surface area contributed by atoms with Crippen LogP contribution < -0.4 is 5.32 Å². The topological polar surface area (TPSA) is 93.8 Å². The molecule has 1 aromatic heterocycles. The number of nitrogens with zero attached hydrogens (tertiary/aromatic N) is 2. The standard InChI is InChI=1S/C9H9N3O4S/c1-2-3-10-9(13)16-11-5-7-4-8(12(14)15)17-6-7/h2,4-6H,1,3H2,(H,10,13). The van der Waals surface area contributed by atoms with Crippen LogP contribution >= 0.6 is 11.3 Å². The minimum Gasteiger partial charge on any atom is -0.316 e. The summed E-state index contributed by atoms with van der Waals surface area (Å²) in [6.45, 7) is 3.68. The number of hydrogen-bond donors (Lipinski definition) is 1. The Bertz CT molecular complexity index is 455. The van der Waals surface area contributed by atoms with Gasteiger partial charge in [0.1, 0.15) is 0 Å². The zero-order valence-corrected chi connectivity index (χ0v) is 9.48. The van der Waals surface area contributed by atoms with Crippen molar-refractivity contribution in [2.45, 2.75) is 0 Å². The van der Waals surface area contributed by atoms with E-state index >= 15 is 0 Å². The van der Waals surface area contributed by atoms with E-state index < -0.39 is 11.0 Å². The summed E-state index contributed by atoms with van der Waals surface area (Å²) in [5, 5.41) is 17.6. The van der Waals surface area contributed by atoms with Crippen molar-refractivity contribution < 1.29 is 14.6 Å². The zero-order chi connectivity index (χ0) is 12.7. The van der Waals surface area contributed by atoms with Crippen LogP contribution in [0.25, 0.3) is 0 Å². The van der Waals surface area contributed by atoms with Crippen LogP contribution in [0.1, 0.15) is 5.56 Å². The van der Waals surface area contributed by atoms with Gasteiger partial charge < -0.3 is 5.32 Å². The van der Waals surface area contributed by atoms with Crippen LogP contribution in [0.4, 0.5) is 9.80 Å². The molecule has 8 heteroatoms. The Balaban J connectivity index is 2.44. The van der Waals surface area contributed by atoms with Gasteiger partial charge in [0.05, 0.1) is 11.1 Å². The van der Waals surface area contributed by atoms with Crippen LogP contribution in [0.5, 0.6) is 0 Å². The van der Waals surface area contributed by atoms with Gasteiger partial charge in [0.15, 0.2) is 0 Å². The summed E-state index contributed by atoms with van der Waals surface area (Å²) in [6.07, 6.45) is 2.00. The molecular weight excluding hydrogens is 246 g/mol. The molecule has 0 aliphatic heterocycles. The number of hydrogen-bond acceptors (Lipinski definition) is 6. The Morgan fingerprint density at radius 2 is 2.53 bits per heavy atom. The number of nitro groups is 1. The van der Waals surface area contributed by atoms with Gasteiger partial charge in [-0.25, -0.2) is 4.79 Å². The first kappa shape index (κ1) is 12.8. The Morgan fingerprint density at radius 1 is 1.76 bits per heavy atom. The molecule has 0 aliphatic rings. The van der Waals surface area contributed by atoms with Gasteiger partial charge >= 0.3 is 11.1 Å². The zero-order valence-electron chi connectivity index (χ0n) is 8.66. The first-order valence-electron chi connectivity index (χ1n) is 4.45. The second-order valence-electron chi connectivity index (χ2n) is 2.76. The van der Waals surface area contributed by atoms with E-state index in [1.165, 1.54) is 23.7 Å². The highest BCUT2D eigenvalue weighted by molar-refractivity contribution is 7.13. The van der Waals surface area contributed by atoms with E-state index in [9.17, 15) is 14.9 Å². The van der Waals surface area contributed by atoms with Crippen LogP contribution in [-0.4, -0.2) is 23.8 Å². The fourth-order valence-electron chi connectivity index (χ4n) is 0.825. The minimum atomic E-state index is -0.717. The molecule has 0 spiro atoms. The molecule has 0 fully saturated rings. The van der Waals surface area contributed by atoms with E-state index in [2.05, 4.69) is 21.9 Å². The summed E-state index contributed by atoms with van der Waals surface area (Å²) in [4.78, 5) is 25.2. The maximum absolute atomic E-state index is 10.9. The lowest BCUT2D eigenvalue weighted by molar-refractivity contribution is -0.380. The van der Waals surface area contributed by atoms with Gasteiger partial charge in [-0.05, 0) is 0 Å². The average molecular weight is 255 g/mol. The summed E-state index contributed by atoms with van der Waals surface area (Å²) in [7, 11) is 0. The van der Waals surface area contributed by atoms with Crippen LogP contribution in [0.3, 0.4) is 0 Å². The molecule has 0 bridgehead atoms. The van der Waals surface area contributed by atoms with Crippen molar-refractivity contribution in [1.82, 2.24) is 5.32 Å². The van der Waals surface area contributed by atoms with Crippen molar-refractivity contribution in [2.75, 3.05) is 6.54 Å². The molecule has 0 saturated carbocycles. The molecule has 17 heavy (non-hydrogen) atoms. The van der Waals surface area contributed by atoms with Crippen LogP contribution in [0, 0.1) is 10.1 Å². The number of thiophene rings is 1. The predicted molar refractivity (Wildman–Crippen MR) is 63.2 cm³/mol. The summed E-state index contributed by atoms with van der Waals surface area (Å²) >= 11 is 0.971. The van der Waals surface area contributed by atoms with E-state index in [1.807, 2.05) is 0 Å². The lowest BCUT2D eigenvalue weighted by atomic mass is 10.4. The van der Waals surface area contributed by atoms with Gasteiger partial charge in [-0.15, -0.1) is 6.58 Å². The Labute approximate surface area is 101 Å². The summed E-state index contributed by atoms with van der Waals surface area (Å²) in [6, 6.07) is 1.33. The molecular formula is C9H9N3O4S. The maximum Gasteiger partial charge on any atom is 0.433 e. The van der Waals surface area contributed by atoms with E-state index in [4.69, 9.17) is 0 Å². The molecule has 1 N–H and O–H groups in total. The number of carbonyl (C=O) groups excluding carboxylic acids is 1. The molecule has 0 radical (unpaired) electrons. The molecule has 0 saturated heterocycles. The molecule has 0 unspecified atom stereocenters. The van der Waals surface area contributed by atoms with Crippen LogP contribution in [-0.2, 0) is 4.84 Å². The molecule has 0 atom stereocenters. The highest BCUT2D eigenvalue weighted by atomic mass is 32.1. The minimum absolute atomic E-state index is 0.00237. The van der Waals surface area contributed by atoms with E-state index in [0.717, 1.165) is 11.3 Å². The highest BCUT2D eigenvalue weighted by Gasteiger charge is 2.08. The number of amides is 1. The third kappa shape index (κ3) is 4.43. The molecule has 0 aromatic carbocycles. The summed E-state index contributed by atoms with van der Waals surface area (Å²) in [5.74, 6) is 0. The summed E-state index contributed by atoms with van der Waals surface area (Å²) < 4.78 is 0. The van der Waals surface area contributed by atoms with Crippen molar-refractivity contribution in [3.63, 3.8) is 0 Å². The van der Waals surface area contributed by atoms with E-state index in [-0.39, 0.29) is 11.5 Å². The van der Waals surface area contributed by atoms with Gasteiger partial charge in [0, 0.05) is 23.6 Å². The quantitative estimate of drug-likeness (QED) is 0.286. The van der Waals surface area contributed by atoms with Crippen molar-refractivity contribution in [3.8, 4) is 0 Å². The van der Waals surface area contributed by atoms with Crippen LogP contribution in [0.2, 0.25) is 0 Å². The largest absolute Gasteiger partial charge is 0.433 e. The molecule has 90 valence electrons. The maximum atomic E-state index is 10.9. The van der Waals surface area contributed by atoms with Crippen molar-refractivity contribution >= 4 is 28.6 Å². The number of nitrogens with one attached hydrogen (secondary N) is 1. The number of rotatable bonds is 5. The highest BCUT2D eigenvalue weighted by Crippen LogP contribution is 2.21. The fourth-order valence-corrected chi connectivity index (χ4v) is 1.50. The second-order valence-corrected chi connectivity index (χ2v) is 3.65. The summed E-state index contributed by atoms with van der Waals surface area (Å²) in [5.41, 5.74) is 0.498. The lowest BCUT2D eigenvalue weighted by Crippen LogP contribution is -2.22. The van der Waals surface area contributed by atoms with Crippen LogP contribution in [0.15, 0.2) is 29.3 Å². The van der Waals surface area contributed by atoms with E-state index in [1.54, 1.807) is 0 Å². The average Bonchev–Trinajstić information content (AvgIpc) is 2.75. The SMILES string of the molecule is C=CCNC(=O)ON=Cc1csc([N+](=O)[O-])c1. The van der Waals surface area contributed by atoms with Crippen molar-refractivity contribution in [2.24, 2.45) is 5.16 Å². The van der Waals surface area contributed by atoms with Crippen molar-refractivity contribution in [3.05, 3.63) is 39.8 Å². The third-order valence-electron chi connectivity index (χ3n) is 1.51. The number of oxime groups is 1. The Kier molecular flexibility index (Phi) is 4.82. The molecule has 1 rings (SSSR count). The fraction of sp³-hybridized carbons (Fsp3) is 0.111. The monoisotopic (exact) mass is 255 g/mol. The molecule has 1 amide bonds. The molecule has 7 nitrogen and oxygen atoms in total. The molecule has 0 aliphatic carbocycles. The predicted octanol–water partition coefficient (Wildman–Crippen LogP) is 1.90. The van der Waals surface area contributed by atoms with Gasteiger partial charge in [-0.2, -0.15) is 0 Å². The second kappa shape index (κ2) is 6.38. The molecule has 1 aromatic rings. The third-order valence-corrected chi connectivity index (χ3v) is 2.41. The Morgan fingerprint density at radius 3 is 3.12 bits per heavy atom. The smallest absolute Gasteiger partial charge is 0.316 e. The van der Waals surface area contributed by atoms with Gasteiger partial charge in [-0.3, -0.25) is 15.0 Å². The Hall–Kier alpha value is -2.22. The van der Waals surface area contributed by atoms with Gasteiger partial charge in [0.25, 0.3) is 0 Å². The molecule has 1 heterocycles. The first-order chi connectivity index (χ1) is 8.13. The first-order valence-corrected chi connectivity index (χ1v) is 5.33. The van der Waals surface area contributed by atoms with Gasteiger partial charge in [-0.1, -0.05) is 22.6 Å².